The standard InChI is InChI=1S/C14H23N5S/c1-4-8-19(5-2)9-7-16-12-11-6-10-20-13(11)18-14(15-3)17-12/h6,10H,4-5,7-9H2,1-3H3,(H2,15,16,17,18). The number of hydrogen-bond acceptors (Lipinski definition) is 6. The van der Waals surface area contributed by atoms with E-state index in [1.165, 1.54) is 6.42 Å². The van der Waals surface area contributed by atoms with Crippen molar-refractivity contribution in [3.05, 3.63) is 11.4 Å². The third-order valence-electron chi connectivity index (χ3n) is 3.26. The molecule has 0 unspecified atom stereocenters. The first-order chi connectivity index (χ1) is 9.78. The van der Waals surface area contributed by atoms with Crippen LogP contribution in [0.3, 0.4) is 0 Å². The van der Waals surface area contributed by atoms with Crippen molar-refractivity contribution in [2.24, 2.45) is 0 Å². The van der Waals surface area contributed by atoms with E-state index in [0.29, 0.717) is 5.95 Å². The van der Waals surface area contributed by atoms with E-state index in [1.54, 1.807) is 11.3 Å². The number of likely N-dealkylation sites (N-methyl/N-ethyl adjacent to an activating group) is 1. The maximum absolute atomic E-state index is 4.52. The molecular formula is C14H23N5S. The van der Waals surface area contributed by atoms with Crippen LogP contribution in [0, 0.1) is 0 Å². The van der Waals surface area contributed by atoms with Gasteiger partial charge in [0.2, 0.25) is 5.95 Å². The summed E-state index contributed by atoms with van der Waals surface area (Å²) in [4.78, 5) is 12.4. The van der Waals surface area contributed by atoms with Gasteiger partial charge in [-0.1, -0.05) is 13.8 Å². The van der Waals surface area contributed by atoms with Crippen LogP contribution in [0.4, 0.5) is 11.8 Å². The Hall–Kier alpha value is -1.40. The van der Waals surface area contributed by atoms with E-state index in [-0.39, 0.29) is 0 Å². The van der Waals surface area contributed by atoms with Crippen molar-refractivity contribution < 1.29 is 0 Å². The molecule has 2 aromatic heterocycles. The van der Waals surface area contributed by atoms with Gasteiger partial charge in [0.15, 0.2) is 0 Å². The largest absolute Gasteiger partial charge is 0.368 e. The highest BCUT2D eigenvalue weighted by Crippen LogP contribution is 2.26. The number of fused-ring (bicyclic) bond motifs is 1. The number of rotatable bonds is 8. The SMILES string of the molecule is CCCN(CC)CCNc1nc(NC)nc2sccc12. The molecule has 2 heterocycles. The lowest BCUT2D eigenvalue weighted by Crippen LogP contribution is -2.29. The van der Waals surface area contributed by atoms with Crippen LogP contribution in [-0.2, 0) is 0 Å². The van der Waals surface area contributed by atoms with Crippen LogP contribution in [0.15, 0.2) is 11.4 Å². The van der Waals surface area contributed by atoms with E-state index < -0.39 is 0 Å². The minimum Gasteiger partial charge on any atom is -0.368 e. The highest BCUT2D eigenvalue weighted by atomic mass is 32.1. The molecule has 0 fully saturated rings. The van der Waals surface area contributed by atoms with Crippen molar-refractivity contribution in [2.75, 3.05) is 43.9 Å². The van der Waals surface area contributed by atoms with E-state index in [9.17, 15) is 0 Å². The molecule has 20 heavy (non-hydrogen) atoms. The molecule has 2 N–H and O–H groups in total. The molecule has 0 aliphatic rings. The summed E-state index contributed by atoms with van der Waals surface area (Å²) in [5.41, 5.74) is 0. The molecule has 0 aromatic carbocycles. The Balaban J connectivity index is 2.03. The van der Waals surface area contributed by atoms with Gasteiger partial charge in [0.1, 0.15) is 10.6 Å². The highest BCUT2D eigenvalue weighted by Gasteiger charge is 2.08. The number of anilines is 2. The first-order valence-corrected chi connectivity index (χ1v) is 8.05. The summed E-state index contributed by atoms with van der Waals surface area (Å²) in [6.07, 6.45) is 1.19. The second-order valence-corrected chi connectivity index (χ2v) is 5.54. The lowest BCUT2D eigenvalue weighted by Gasteiger charge is -2.19. The van der Waals surface area contributed by atoms with E-state index in [2.05, 4.69) is 50.8 Å². The average Bonchev–Trinajstić information content (AvgIpc) is 2.94. The zero-order valence-electron chi connectivity index (χ0n) is 12.4. The molecule has 2 rings (SSSR count). The monoisotopic (exact) mass is 293 g/mol. The van der Waals surface area contributed by atoms with Gasteiger partial charge in [-0.2, -0.15) is 4.98 Å². The first-order valence-electron chi connectivity index (χ1n) is 7.17. The Morgan fingerprint density at radius 2 is 2.10 bits per heavy atom. The maximum Gasteiger partial charge on any atom is 0.225 e. The predicted molar refractivity (Wildman–Crippen MR) is 87.9 cm³/mol. The third kappa shape index (κ3) is 3.58. The molecule has 2 aromatic rings. The molecule has 0 spiro atoms. The minimum absolute atomic E-state index is 0.670. The number of hydrogen-bond donors (Lipinski definition) is 2. The Labute approximate surface area is 124 Å². The summed E-state index contributed by atoms with van der Waals surface area (Å²) in [7, 11) is 1.85. The molecule has 6 heteroatoms. The van der Waals surface area contributed by atoms with E-state index in [4.69, 9.17) is 0 Å². The number of thiophene rings is 1. The van der Waals surface area contributed by atoms with E-state index in [1.807, 2.05) is 7.05 Å². The van der Waals surface area contributed by atoms with Crippen LogP contribution >= 0.6 is 11.3 Å². The van der Waals surface area contributed by atoms with Crippen LogP contribution in [-0.4, -0.2) is 48.1 Å². The average molecular weight is 293 g/mol. The molecule has 0 aliphatic heterocycles. The lowest BCUT2D eigenvalue weighted by molar-refractivity contribution is 0.300. The van der Waals surface area contributed by atoms with Crippen molar-refractivity contribution in [3.63, 3.8) is 0 Å². The van der Waals surface area contributed by atoms with Crippen molar-refractivity contribution >= 4 is 33.3 Å². The lowest BCUT2D eigenvalue weighted by atomic mass is 10.3. The van der Waals surface area contributed by atoms with Crippen LogP contribution in [0.5, 0.6) is 0 Å². The Bertz CT molecular complexity index is 539. The molecule has 110 valence electrons. The Morgan fingerprint density at radius 3 is 2.80 bits per heavy atom. The van der Waals surface area contributed by atoms with E-state index in [0.717, 1.165) is 42.2 Å². The molecule has 0 saturated heterocycles. The van der Waals surface area contributed by atoms with Gasteiger partial charge in [-0.15, -0.1) is 11.3 Å². The zero-order chi connectivity index (χ0) is 14.4. The summed E-state index contributed by atoms with van der Waals surface area (Å²) < 4.78 is 0. The van der Waals surface area contributed by atoms with Crippen molar-refractivity contribution in [1.82, 2.24) is 14.9 Å². The van der Waals surface area contributed by atoms with E-state index >= 15 is 0 Å². The van der Waals surface area contributed by atoms with Crippen LogP contribution in [0.2, 0.25) is 0 Å². The quantitative estimate of drug-likeness (QED) is 0.784. The van der Waals surface area contributed by atoms with Crippen LogP contribution in [0.1, 0.15) is 20.3 Å². The van der Waals surface area contributed by atoms with Gasteiger partial charge in [-0.05, 0) is 31.0 Å². The summed E-state index contributed by atoms with van der Waals surface area (Å²) in [5, 5.41) is 9.62. The molecule has 5 nitrogen and oxygen atoms in total. The van der Waals surface area contributed by atoms with Gasteiger partial charge in [-0.25, -0.2) is 4.98 Å². The topological polar surface area (TPSA) is 53.1 Å². The summed E-state index contributed by atoms with van der Waals surface area (Å²) in [6.45, 7) is 8.60. The number of nitrogens with one attached hydrogen (secondary N) is 2. The van der Waals surface area contributed by atoms with Crippen molar-refractivity contribution in [3.8, 4) is 0 Å². The molecular weight excluding hydrogens is 270 g/mol. The summed E-state index contributed by atoms with van der Waals surface area (Å²) in [6, 6.07) is 2.07. The fourth-order valence-electron chi connectivity index (χ4n) is 2.18. The number of nitrogens with zero attached hydrogens (tertiary/aromatic N) is 3. The minimum atomic E-state index is 0.670. The summed E-state index contributed by atoms with van der Waals surface area (Å²) in [5.74, 6) is 1.59. The van der Waals surface area contributed by atoms with Crippen molar-refractivity contribution in [2.45, 2.75) is 20.3 Å². The molecule has 0 bridgehead atoms. The Kier molecular flexibility index (Phi) is 5.55. The first kappa shape index (κ1) is 15.0. The normalized spacial score (nSPS) is 11.2. The second kappa shape index (κ2) is 7.40. The van der Waals surface area contributed by atoms with Gasteiger partial charge in [0, 0.05) is 20.1 Å². The molecule has 0 amide bonds. The molecule has 0 saturated carbocycles. The van der Waals surface area contributed by atoms with Gasteiger partial charge >= 0.3 is 0 Å². The van der Waals surface area contributed by atoms with Gasteiger partial charge < -0.3 is 15.5 Å². The maximum atomic E-state index is 4.52. The van der Waals surface area contributed by atoms with Gasteiger partial charge in [0.25, 0.3) is 0 Å². The third-order valence-corrected chi connectivity index (χ3v) is 4.06. The molecule has 0 atom stereocenters. The fourth-order valence-corrected chi connectivity index (χ4v) is 2.94. The van der Waals surface area contributed by atoms with Gasteiger partial charge in [-0.3, -0.25) is 0 Å². The highest BCUT2D eigenvalue weighted by molar-refractivity contribution is 7.16. The zero-order valence-corrected chi connectivity index (χ0v) is 13.3. The van der Waals surface area contributed by atoms with Crippen molar-refractivity contribution in [1.29, 1.82) is 0 Å². The fraction of sp³-hybridized carbons (Fsp3) is 0.571. The smallest absolute Gasteiger partial charge is 0.225 e. The number of aromatic nitrogens is 2. The van der Waals surface area contributed by atoms with Gasteiger partial charge in [0.05, 0.1) is 5.39 Å². The second-order valence-electron chi connectivity index (χ2n) is 4.65. The van der Waals surface area contributed by atoms with Crippen LogP contribution in [0.25, 0.3) is 10.2 Å². The Morgan fingerprint density at radius 1 is 1.25 bits per heavy atom. The summed E-state index contributed by atoms with van der Waals surface area (Å²) >= 11 is 1.64. The molecule has 0 radical (unpaired) electrons. The predicted octanol–water partition coefficient (Wildman–Crippen LogP) is 2.88. The molecule has 0 aliphatic carbocycles. The van der Waals surface area contributed by atoms with Crippen LogP contribution < -0.4 is 10.6 Å².